The molecule has 1 aromatic rings. The van der Waals surface area contributed by atoms with Crippen LogP contribution < -0.4 is 5.73 Å². The van der Waals surface area contributed by atoms with Gasteiger partial charge >= 0.3 is 5.97 Å². The first kappa shape index (κ1) is 10.5. The molecule has 3 N–H and O–H groups in total. The summed E-state index contributed by atoms with van der Waals surface area (Å²) in [6.07, 6.45) is 0.545. The number of rotatable bonds is 4. The van der Waals surface area contributed by atoms with Crippen molar-refractivity contribution >= 4 is 28.9 Å². The molecule has 0 spiro atoms. The lowest BCUT2D eigenvalue weighted by Crippen LogP contribution is -2.10. The molecule has 1 rings (SSSR count). The van der Waals surface area contributed by atoms with Crippen LogP contribution >= 0.6 is 22.9 Å². The fourth-order valence-electron chi connectivity index (χ4n) is 0.949. The van der Waals surface area contributed by atoms with Crippen molar-refractivity contribution in [3.8, 4) is 0 Å². The highest BCUT2D eigenvalue weighted by molar-refractivity contribution is 7.16. The second-order valence-electron chi connectivity index (χ2n) is 2.68. The highest BCUT2D eigenvalue weighted by Gasteiger charge is 2.10. The van der Waals surface area contributed by atoms with E-state index in [1.54, 1.807) is 6.07 Å². The smallest absolute Gasteiger partial charge is 0.303 e. The zero-order valence-corrected chi connectivity index (χ0v) is 8.44. The van der Waals surface area contributed by atoms with Crippen molar-refractivity contribution in [2.45, 2.75) is 18.9 Å². The van der Waals surface area contributed by atoms with Crippen LogP contribution in [-0.4, -0.2) is 11.1 Å². The van der Waals surface area contributed by atoms with E-state index in [0.29, 0.717) is 10.8 Å². The lowest BCUT2D eigenvalue weighted by atomic mass is 10.1. The third-order valence-corrected chi connectivity index (χ3v) is 2.99. The number of aliphatic carboxylic acids is 1. The predicted octanol–water partition coefficient (Wildman–Crippen LogP) is 2.27. The molecule has 1 unspecified atom stereocenters. The molecule has 3 nitrogen and oxygen atoms in total. The molecule has 0 radical (unpaired) electrons. The summed E-state index contributed by atoms with van der Waals surface area (Å²) >= 11 is 7.11. The molecule has 0 saturated heterocycles. The van der Waals surface area contributed by atoms with Gasteiger partial charge in [-0.1, -0.05) is 11.6 Å². The number of hydrogen-bond donors (Lipinski definition) is 2. The maximum Gasteiger partial charge on any atom is 0.303 e. The molecule has 1 atom stereocenters. The summed E-state index contributed by atoms with van der Waals surface area (Å²) in [5, 5.41) is 8.44. The molecule has 1 heterocycles. The quantitative estimate of drug-likeness (QED) is 0.817. The number of hydrogen-bond acceptors (Lipinski definition) is 3. The van der Waals surface area contributed by atoms with Crippen molar-refractivity contribution in [3.63, 3.8) is 0 Å². The molecule has 5 heteroatoms. The zero-order chi connectivity index (χ0) is 9.84. The van der Waals surface area contributed by atoms with E-state index in [2.05, 4.69) is 0 Å². The minimum atomic E-state index is -0.821. The van der Waals surface area contributed by atoms with Gasteiger partial charge in [0.1, 0.15) is 0 Å². The number of nitrogens with two attached hydrogens (primary N) is 1. The van der Waals surface area contributed by atoms with Crippen LogP contribution in [0, 0.1) is 0 Å². The van der Waals surface area contributed by atoms with Crippen molar-refractivity contribution in [3.05, 3.63) is 21.3 Å². The summed E-state index contributed by atoms with van der Waals surface area (Å²) in [5.41, 5.74) is 5.75. The Morgan fingerprint density at radius 2 is 2.38 bits per heavy atom. The van der Waals surface area contributed by atoms with Gasteiger partial charge in [0.2, 0.25) is 0 Å². The summed E-state index contributed by atoms with van der Waals surface area (Å²) in [7, 11) is 0. The lowest BCUT2D eigenvalue weighted by Gasteiger charge is -2.06. The number of halogens is 1. The van der Waals surface area contributed by atoms with Crippen LogP contribution in [0.5, 0.6) is 0 Å². The second kappa shape index (κ2) is 4.60. The lowest BCUT2D eigenvalue weighted by molar-refractivity contribution is -0.137. The van der Waals surface area contributed by atoms with Gasteiger partial charge in [0.05, 0.1) is 4.34 Å². The fraction of sp³-hybridized carbons (Fsp3) is 0.375. The highest BCUT2D eigenvalue weighted by Crippen LogP contribution is 2.27. The van der Waals surface area contributed by atoms with E-state index in [1.165, 1.54) is 11.3 Å². The minimum Gasteiger partial charge on any atom is -0.481 e. The largest absolute Gasteiger partial charge is 0.481 e. The van der Waals surface area contributed by atoms with Crippen LogP contribution in [0.15, 0.2) is 12.1 Å². The molecular formula is C8H10ClNO2S. The van der Waals surface area contributed by atoms with Gasteiger partial charge in [0.15, 0.2) is 0 Å². The van der Waals surface area contributed by atoms with Crippen molar-refractivity contribution in [1.29, 1.82) is 0 Å². The molecule has 1 aromatic heterocycles. The van der Waals surface area contributed by atoms with E-state index in [1.807, 2.05) is 6.07 Å². The first-order valence-corrected chi connectivity index (χ1v) is 5.01. The van der Waals surface area contributed by atoms with Crippen molar-refractivity contribution in [2.24, 2.45) is 5.73 Å². The average Bonchev–Trinajstić information content (AvgIpc) is 2.47. The normalized spacial score (nSPS) is 12.8. The van der Waals surface area contributed by atoms with E-state index in [-0.39, 0.29) is 12.5 Å². The molecule has 0 amide bonds. The van der Waals surface area contributed by atoms with E-state index >= 15 is 0 Å². The maximum atomic E-state index is 10.3. The SMILES string of the molecule is NC(CCC(=O)O)c1ccc(Cl)s1. The maximum absolute atomic E-state index is 10.3. The molecule has 0 aliphatic heterocycles. The molecular weight excluding hydrogens is 210 g/mol. The zero-order valence-electron chi connectivity index (χ0n) is 6.87. The Morgan fingerprint density at radius 3 is 2.85 bits per heavy atom. The first-order chi connectivity index (χ1) is 6.09. The minimum absolute atomic E-state index is 0.0939. The van der Waals surface area contributed by atoms with Gasteiger partial charge in [0.25, 0.3) is 0 Å². The van der Waals surface area contributed by atoms with Gasteiger partial charge < -0.3 is 10.8 Å². The van der Waals surface area contributed by atoms with Gasteiger partial charge in [-0.05, 0) is 18.6 Å². The number of carbonyl (C=O) groups is 1. The van der Waals surface area contributed by atoms with Crippen molar-refractivity contribution < 1.29 is 9.90 Å². The van der Waals surface area contributed by atoms with E-state index in [9.17, 15) is 4.79 Å². The van der Waals surface area contributed by atoms with Crippen LogP contribution in [0.25, 0.3) is 0 Å². The molecule has 0 saturated carbocycles. The summed E-state index contributed by atoms with van der Waals surface area (Å²) < 4.78 is 0.681. The number of thiophene rings is 1. The van der Waals surface area contributed by atoms with Crippen LogP contribution in [0.2, 0.25) is 4.34 Å². The van der Waals surface area contributed by atoms with Crippen molar-refractivity contribution in [1.82, 2.24) is 0 Å². The summed E-state index contributed by atoms with van der Waals surface area (Å²) in [6, 6.07) is 3.38. The Morgan fingerprint density at radius 1 is 1.69 bits per heavy atom. The molecule has 0 aliphatic carbocycles. The second-order valence-corrected chi connectivity index (χ2v) is 4.43. The third-order valence-electron chi connectivity index (χ3n) is 1.63. The van der Waals surface area contributed by atoms with Gasteiger partial charge in [0, 0.05) is 17.3 Å². The molecule has 72 valence electrons. The number of carboxylic acid groups (broad SMARTS) is 1. The fourth-order valence-corrected chi connectivity index (χ4v) is 2.05. The molecule has 0 aromatic carbocycles. The van der Waals surface area contributed by atoms with E-state index in [0.717, 1.165) is 4.88 Å². The van der Waals surface area contributed by atoms with Crippen LogP contribution in [0.1, 0.15) is 23.8 Å². The average molecular weight is 220 g/mol. The standard InChI is InChI=1S/C8H10ClNO2S/c9-7-3-2-6(13-7)5(10)1-4-8(11)12/h2-3,5H,1,4,10H2,(H,11,12). The predicted molar refractivity (Wildman–Crippen MR) is 53.1 cm³/mol. The van der Waals surface area contributed by atoms with Gasteiger partial charge in [-0.15, -0.1) is 11.3 Å². The number of carboxylic acids is 1. The van der Waals surface area contributed by atoms with Crippen molar-refractivity contribution in [2.75, 3.05) is 0 Å². The van der Waals surface area contributed by atoms with Crippen LogP contribution in [0.4, 0.5) is 0 Å². The summed E-state index contributed by atoms with van der Waals surface area (Å²) in [4.78, 5) is 11.2. The van der Waals surface area contributed by atoms with Gasteiger partial charge in [-0.2, -0.15) is 0 Å². The summed E-state index contributed by atoms with van der Waals surface area (Å²) in [5.74, 6) is -0.821. The molecule has 0 bridgehead atoms. The van der Waals surface area contributed by atoms with Gasteiger partial charge in [-0.25, -0.2) is 0 Å². The van der Waals surface area contributed by atoms with Crippen LogP contribution in [0.3, 0.4) is 0 Å². The highest BCUT2D eigenvalue weighted by atomic mass is 35.5. The summed E-state index contributed by atoms with van der Waals surface area (Å²) in [6.45, 7) is 0. The third kappa shape index (κ3) is 3.34. The molecule has 13 heavy (non-hydrogen) atoms. The van der Waals surface area contributed by atoms with Gasteiger partial charge in [-0.3, -0.25) is 4.79 Å². The van der Waals surface area contributed by atoms with E-state index in [4.69, 9.17) is 22.4 Å². The first-order valence-electron chi connectivity index (χ1n) is 3.82. The molecule has 0 fully saturated rings. The Balaban J connectivity index is 2.48. The Kier molecular flexibility index (Phi) is 3.71. The topological polar surface area (TPSA) is 63.3 Å². The monoisotopic (exact) mass is 219 g/mol. The Hall–Kier alpha value is -0.580. The van der Waals surface area contributed by atoms with E-state index < -0.39 is 5.97 Å². The Labute approximate surface area is 85.1 Å². The van der Waals surface area contributed by atoms with Crippen LogP contribution in [-0.2, 0) is 4.79 Å². The Bertz CT molecular complexity index is 300. The molecule has 0 aliphatic rings.